The molecule has 0 aliphatic rings. The van der Waals surface area contributed by atoms with Gasteiger partial charge in [-0.05, 0) is 26.7 Å². The Morgan fingerprint density at radius 2 is 2.08 bits per heavy atom. The molecule has 0 radical (unpaired) electrons. The van der Waals surface area contributed by atoms with Crippen molar-refractivity contribution in [2.24, 2.45) is 5.92 Å². The van der Waals surface area contributed by atoms with Gasteiger partial charge in [0.2, 0.25) is 0 Å². The third kappa shape index (κ3) is 4.94. The van der Waals surface area contributed by atoms with Gasteiger partial charge in [-0.2, -0.15) is 0 Å². The fourth-order valence-corrected chi connectivity index (χ4v) is 0.834. The molecule has 0 spiro atoms. The minimum Gasteiger partial charge on any atom is -0.463 e. The van der Waals surface area contributed by atoms with Crippen LogP contribution in [0.25, 0.3) is 0 Å². The lowest BCUT2D eigenvalue weighted by Gasteiger charge is -2.12. The van der Waals surface area contributed by atoms with E-state index in [1.54, 1.807) is 0 Å². The predicted molar refractivity (Wildman–Crippen MR) is 49.8 cm³/mol. The molecule has 0 aromatic carbocycles. The van der Waals surface area contributed by atoms with Gasteiger partial charge >= 0.3 is 5.97 Å². The smallest absolute Gasteiger partial charge is 0.308 e. The zero-order chi connectivity index (χ0) is 9.56. The van der Waals surface area contributed by atoms with Crippen molar-refractivity contribution >= 4 is 5.97 Å². The summed E-state index contributed by atoms with van der Waals surface area (Å²) in [5, 5.41) is 0. The Bertz CT molecular complexity index is 150. The van der Waals surface area contributed by atoms with Crippen LogP contribution in [0, 0.1) is 5.92 Å². The molecule has 0 fully saturated rings. The Balaban J connectivity index is 3.68. The number of esters is 1. The zero-order valence-electron chi connectivity index (χ0n) is 8.17. The third-order valence-electron chi connectivity index (χ3n) is 1.56. The van der Waals surface area contributed by atoms with Gasteiger partial charge in [0.15, 0.2) is 0 Å². The van der Waals surface area contributed by atoms with E-state index >= 15 is 0 Å². The summed E-state index contributed by atoms with van der Waals surface area (Å²) < 4.78 is 5.04. The van der Waals surface area contributed by atoms with E-state index in [4.69, 9.17) is 4.74 Å². The second kappa shape index (κ2) is 5.81. The Hall–Kier alpha value is -0.790. The Kier molecular flexibility index (Phi) is 5.43. The summed E-state index contributed by atoms with van der Waals surface area (Å²) >= 11 is 0. The molecule has 1 unspecified atom stereocenters. The molecule has 0 aliphatic carbocycles. The molecule has 0 saturated carbocycles. The van der Waals surface area contributed by atoms with Gasteiger partial charge < -0.3 is 4.74 Å². The maximum absolute atomic E-state index is 11.2. The van der Waals surface area contributed by atoms with Crippen LogP contribution in [0.2, 0.25) is 0 Å². The van der Waals surface area contributed by atoms with Gasteiger partial charge in [-0.3, -0.25) is 4.79 Å². The number of allylic oxidation sites excluding steroid dienone is 1. The molecule has 12 heavy (non-hydrogen) atoms. The second-order valence-electron chi connectivity index (χ2n) is 3.25. The van der Waals surface area contributed by atoms with Crippen molar-refractivity contribution in [3.05, 3.63) is 12.7 Å². The predicted octanol–water partition coefficient (Wildman–Crippen LogP) is 2.54. The van der Waals surface area contributed by atoms with Crippen LogP contribution in [-0.2, 0) is 9.53 Å². The van der Waals surface area contributed by atoms with Crippen molar-refractivity contribution in [1.82, 2.24) is 0 Å². The highest BCUT2D eigenvalue weighted by Crippen LogP contribution is 2.09. The summed E-state index contributed by atoms with van der Waals surface area (Å²) in [4.78, 5) is 11.2. The van der Waals surface area contributed by atoms with E-state index in [2.05, 4.69) is 6.58 Å². The molecule has 2 nitrogen and oxygen atoms in total. The van der Waals surface area contributed by atoms with Crippen molar-refractivity contribution < 1.29 is 9.53 Å². The van der Waals surface area contributed by atoms with Crippen molar-refractivity contribution in [2.45, 2.75) is 39.7 Å². The standard InChI is InChI=1S/C10H18O2/c1-5-6-7-9(4)10(11)12-8(2)3/h5,8-9H,1,6-7H2,2-4H3. The summed E-state index contributed by atoms with van der Waals surface area (Å²) in [5.74, 6) is -0.114. The summed E-state index contributed by atoms with van der Waals surface area (Å²) in [6.07, 6.45) is 3.51. The van der Waals surface area contributed by atoms with E-state index in [9.17, 15) is 4.79 Å². The fourth-order valence-electron chi connectivity index (χ4n) is 0.834. The van der Waals surface area contributed by atoms with Gasteiger partial charge in [0.1, 0.15) is 0 Å². The molecular weight excluding hydrogens is 152 g/mol. The van der Waals surface area contributed by atoms with Crippen LogP contribution in [0.15, 0.2) is 12.7 Å². The molecule has 0 aromatic rings. The van der Waals surface area contributed by atoms with E-state index < -0.39 is 0 Å². The average molecular weight is 170 g/mol. The van der Waals surface area contributed by atoms with Crippen LogP contribution in [-0.4, -0.2) is 12.1 Å². The molecule has 0 saturated heterocycles. The summed E-state index contributed by atoms with van der Waals surface area (Å²) in [7, 11) is 0. The summed E-state index contributed by atoms with van der Waals surface area (Å²) in [6, 6.07) is 0. The van der Waals surface area contributed by atoms with Crippen LogP contribution in [0.4, 0.5) is 0 Å². The van der Waals surface area contributed by atoms with Crippen molar-refractivity contribution in [1.29, 1.82) is 0 Å². The molecule has 1 atom stereocenters. The normalized spacial score (nSPS) is 12.7. The van der Waals surface area contributed by atoms with Crippen LogP contribution >= 0.6 is 0 Å². The number of carbonyl (C=O) groups is 1. The molecule has 0 bridgehead atoms. The molecular formula is C10H18O2. The van der Waals surface area contributed by atoms with Gasteiger partial charge in [0, 0.05) is 0 Å². The van der Waals surface area contributed by atoms with Crippen LogP contribution < -0.4 is 0 Å². The van der Waals surface area contributed by atoms with E-state index in [1.165, 1.54) is 0 Å². The maximum Gasteiger partial charge on any atom is 0.308 e. The molecule has 0 aliphatic heterocycles. The molecule has 0 rings (SSSR count). The first-order chi connectivity index (χ1) is 5.57. The quantitative estimate of drug-likeness (QED) is 0.468. The van der Waals surface area contributed by atoms with Gasteiger partial charge in [-0.15, -0.1) is 6.58 Å². The lowest BCUT2D eigenvalue weighted by Crippen LogP contribution is -2.18. The number of hydrogen-bond acceptors (Lipinski definition) is 2. The minimum atomic E-state index is -0.105. The first kappa shape index (κ1) is 11.2. The average Bonchev–Trinajstić information content (AvgIpc) is 1.98. The molecule has 0 aromatic heterocycles. The third-order valence-corrected chi connectivity index (χ3v) is 1.56. The Labute approximate surface area is 74.6 Å². The maximum atomic E-state index is 11.2. The van der Waals surface area contributed by atoms with E-state index in [0.29, 0.717) is 0 Å². The topological polar surface area (TPSA) is 26.3 Å². The monoisotopic (exact) mass is 170 g/mol. The summed E-state index contributed by atoms with van der Waals surface area (Å²) in [5.41, 5.74) is 0. The lowest BCUT2D eigenvalue weighted by atomic mass is 10.1. The van der Waals surface area contributed by atoms with Gasteiger partial charge in [0.05, 0.1) is 12.0 Å². The van der Waals surface area contributed by atoms with Crippen LogP contribution in [0.1, 0.15) is 33.6 Å². The first-order valence-corrected chi connectivity index (χ1v) is 4.39. The van der Waals surface area contributed by atoms with Crippen molar-refractivity contribution in [2.75, 3.05) is 0 Å². The van der Waals surface area contributed by atoms with Crippen LogP contribution in [0.3, 0.4) is 0 Å². The number of hydrogen-bond donors (Lipinski definition) is 0. The van der Waals surface area contributed by atoms with Gasteiger partial charge in [-0.25, -0.2) is 0 Å². The molecule has 0 amide bonds. The lowest BCUT2D eigenvalue weighted by molar-refractivity contribution is -0.151. The number of carbonyl (C=O) groups excluding carboxylic acids is 1. The molecule has 2 heteroatoms. The van der Waals surface area contributed by atoms with Crippen molar-refractivity contribution in [3.63, 3.8) is 0 Å². The van der Waals surface area contributed by atoms with Gasteiger partial charge in [-0.1, -0.05) is 13.0 Å². The highest BCUT2D eigenvalue weighted by molar-refractivity contribution is 5.72. The largest absolute Gasteiger partial charge is 0.463 e. The minimum absolute atomic E-state index is 0.00889. The van der Waals surface area contributed by atoms with E-state index in [1.807, 2.05) is 26.8 Å². The Morgan fingerprint density at radius 1 is 1.50 bits per heavy atom. The van der Waals surface area contributed by atoms with Crippen molar-refractivity contribution in [3.8, 4) is 0 Å². The SMILES string of the molecule is C=CCCC(C)C(=O)OC(C)C. The Morgan fingerprint density at radius 3 is 2.50 bits per heavy atom. The molecule has 0 N–H and O–H groups in total. The fraction of sp³-hybridized carbons (Fsp3) is 0.700. The molecule has 0 heterocycles. The van der Waals surface area contributed by atoms with Crippen LogP contribution in [0.5, 0.6) is 0 Å². The second-order valence-corrected chi connectivity index (χ2v) is 3.25. The number of ether oxygens (including phenoxy) is 1. The van der Waals surface area contributed by atoms with E-state index in [0.717, 1.165) is 12.8 Å². The highest BCUT2D eigenvalue weighted by atomic mass is 16.5. The van der Waals surface area contributed by atoms with E-state index in [-0.39, 0.29) is 18.0 Å². The summed E-state index contributed by atoms with van der Waals surface area (Å²) in [6.45, 7) is 9.20. The van der Waals surface area contributed by atoms with Gasteiger partial charge in [0.25, 0.3) is 0 Å². The zero-order valence-corrected chi connectivity index (χ0v) is 8.17. The molecule has 70 valence electrons. The highest BCUT2D eigenvalue weighted by Gasteiger charge is 2.14. The first-order valence-electron chi connectivity index (χ1n) is 4.39. The number of rotatable bonds is 5.